The highest BCUT2D eigenvalue weighted by molar-refractivity contribution is 6.21. The summed E-state index contributed by atoms with van der Waals surface area (Å²) in [5, 5.41) is 15.3. The molecule has 14 nitrogen and oxygen atoms in total. The fraction of sp³-hybridized carbons (Fsp3) is 0.333. The highest BCUT2D eigenvalue weighted by Crippen LogP contribution is 2.31. The number of likely N-dealkylation sites (N-methyl/N-ethyl adjacent to an activating group) is 2. The van der Waals surface area contributed by atoms with Crippen LogP contribution in [-0.4, -0.2) is 78.5 Å². The second-order valence-electron chi connectivity index (χ2n) is 17.8. The van der Waals surface area contributed by atoms with E-state index >= 15 is 0 Å². The average molecular weight is 922 g/mol. The predicted molar refractivity (Wildman–Crippen MR) is 267 cm³/mol. The minimum Gasteiger partial charge on any atom is -0.481 e. The zero-order valence-electron chi connectivity index (χ0n) is 39.7. The summed E-state index contributed by atoms with van der Waals surface area (Å²) in [6.45, 7) is 15.1. The number of carbonyl (C=O) groups is 6. The first-order chi connectivity index (χ1) is 32.5. The molecule has 5 amide bonds. The maximum atomic E-state index is 13.5. The lowest BCUT2D eigenvalue weighted by atomic mass is 9.82. The molecule has 4 aromatic carbocycles. The Balaban J connectivity index is 0.000000254. The van der Waals surface area contributed by atoms with Gasteiger partial charge in [-0.05, 0) is 49.7 Å². The number of primary amides is 1. The smallest absolute Gasteiger partial charge is 0.307 e. The van der Waals surface area contributed by atoms with Crippen molar-refractivity contribution in [3.8, 4) is 0 Å². The quantitative estimate of drug-likeness (QED) is 0.0758. The summed E-state index contributed by atoms with van der Waals surface area (Å²) in [5.74, 6) is -6.27. The molecule has 2 heterocycles. The van der Waals surface area contributed by atoms with Crippen molar-refractivity contribution in [3.05, 3.63) is 157 Å². The number of amides is 5. The summed E-state index contributed by atoms with van der Waals surface area (Å²) >= 11 is 0. The Morgan fingerprint density at radius 1 is 0.603 bits per heavy atom. The van der Waals surface area contributed by atoms with E-state index in [-0.39, 0.29) is 30.6 Å². The number of allylic oxidation sites excluding steroid dienone is 2. The van der Waals surface area contributed by atoms with Gasteiger partial charge < -0.3 is 31.3 Å². The molecule has 14 heteroatoms. The predicted octanol–water partition coefficient (Wildman–Crippen LogP) is 7.16. The van der Waals surface area contributed by atoms with Crippen molar-refractivity contribution < 1.29 is 33.9 Å². The number of carbonyl (C=O) groups excluding carboxylic acids is 5. The molecule has 4 aromatic rings. The van der Waals surface area contributed by atoms with Gasteiger partial charge >= 0.3 is 5.97 Å². The number of fused-ring (bicyclic) bond motifs is 2. The van der Waals surface area contributed by atoms with Gasteiger partial charge in [-0.2, -0.15) is 0 Å². The molecule has 356 valence electrons. The maximum absolute atomic E-state index is 13.5. The molecule has 2 aliphatic heterocycles. The number of hydrogen-bond acceptors (Lipinski definition) is 8. The molecule has 5 N–H and O–H groups in total. The standard InChI is InChI=1S/C27H32N4O3.C27H31N3O4/c1-5-11-19(24(28)32)21(16-17(2)3)26(33)30-25-27(34)31(4)22-15-10-9-14-20(22)23(29-25)18-12-7-6-8-13-18;1-5-11-19(27(33)34)21(16-17(2)3)25(31)29-24-26(32)30(4)22-15-10-9-14-20(22)23(28-24)18-12-7-6-8-13-18/h5-10,12-15,17,19,21,25H,1,11,16H2,2-4H3,(H2,28,32)(H,30,33);5-10,12-15,17,19,21,24H,1,11,16H2,2-4H3,(H,29,31)(H,33,34)/t19-,21+,25?;19-,21+,24?/m00/s1. The van der Waals surface area contributed by atoms with Crippen LogP contribution in [0.2, 0.25) is 0 Å². The number of nitrogens with two attached hydrogens (primary N) is 1. The maximum Gasteiger partial charge on any atom is 0.307 e. The molecule has 0 aliphatic carbocycles. The number of aliphatic carboxylic acids is 1. The first-order valence-corrected chi connectivity index (χ1v) is 22.8. The largest absolute Gasteiger partial charge is 0.481 e. The Morgan fingerprint density at radius 2 is 0.956 bits per heavy atom. The molecular weight excluding hydrogens is 859 g/mol. The van der Waals surface area contributed by atoms with Crippen molar-refractivity contribution in [3.63, 3.8) is 0 Å². The van der Waals surface area contributed by atoms with E-state index in [0.29, 0.717) is 35.6 Å². The molecular formula is C54H63N7O7. The van der Waals surface area contributed by atoms with Gasteiger partial charge in [0.1, 0.15) is 0 Å². The van der Waals surface area contributed by atoms with E-state index in [0.717, 1.165) is 22.3 Å². The normalized spacial score (nSPS) is 17.3. The molecule has 0 saturated heterocycles. The number of nitrogens with one attached hydrogen (secondary N) is 2. The van der Waals surface area contributed by atoms with Crippen molar-refractivity contribution in [1.29, 1.82) is 0 Å². The summed E-state index contributed by atoms with van der Waals surface area (Å²) in [6.07, 6.45) is 2.00. The van der Waals surface area contributed by atoms with Crippen LogP contribution in [0.3, 0.4) is 0 Å². The molecule has 0 radical (unpaired) electrons. The fourth-order valence-electron chi connectivity index (χ4n) is 8.57. The van der Waals surface area contributed by atoms with E-state index in [9.17, 15) is 33.9 Å². The summed E-state index contributed by atoms with van der Waals surface area (Å²) in [6, 6.07) is 33.9. The number of carboxylic acids is 1. The van der Waals surface area contributed by atoms with Gasteiger partial charge in [0.25, 0.3) is 11.8 Å². The summed E-state index contributed by atoms with van der Waals surface area (Å²) in [4.78, 5) is 90.1. The van der Waals surface area contributed by atoms with Gasteiger partial charge in [-0.15, -0.1) is 13.2 Å². The van der Waals surface area contributed by atoms with Crippen molar-refractivity contribution >= 4 is 58.3 Å². The van der Waals surface area contributed by atoms with Crippen molar-refractivity contribution in [2.45, 2.75) is 65.7 Å². The summed E-state index contributed by atoms with van der Waals surface area (Å²) in [7, 11) is 3.31. The number of rotatable bonds is 18. The van der Waals surface area contributed by atoms with Gasteiger partial charge in [-0.3, -0.25) is 28.8 Å². The minimum atomic E-state index is -1.19. The Bertz CT molecular complexity index is 2360. The monoisotopic (exact) mass is 921 g/mol. The summed E-state index contributed by atoms with van der Waals surface area (Å²) < 4.78 is 0. The SMILES string of the molecule is C=CC[C@H](C(=O)O)[C@@H](CC(C)C)C(=O)NC1N=C(c2ccccc2)c2ccccc2N(C)C1=O.C=CC[C@H](C(N)=O)[C@@H](CC(C)C)C(=O)NC1N=C(c2ccccc2)c2ccccc2N(C)C1=O. The molecule has 0 spiro atoms. The van der Waals surface area contributed by atoms with Gasteiger partial charge in [0.15, 0.2) is 0 Å². The van der Waals surface area contributed by atoms with E-state index in [1.807, 2.05) is 137 Å². The van der Waals surface area contributed by atoms with Crippen LogP contribution < -0.4 is 26.2 Å². The van der Waals surface area contributed by atoms with Gasteiger partial charge in [0, 0.05) is 36.3 Å². The van der Waals surface area contributed by atoms with Crippen molar-refractivity contribution in [1.82, 2.24) is 10.6 Å². The van der Waals surface area contributed by atoms with Crippen LogP contribution in [0.15, 0.2) is 144 Å². The summed E-state index contributed by atoms with van der Waals surface area (Å²) in [5.41, 5.74) is 11.4. The van der Waals surface area contributed by atoms with Crippen molar-refractivity contribution in [2.24, 2.45) is 51.2 Å². The molecule has 68 heavy (non-hydrogen) atoms. The van der Waals surface area contributed by atoms with Crippen LogP contribution in [0.1, 0.15) is 75.6 Å². The number of benzodiazepines with no additional fused rings is 2. The Morgan fingerprint density at radius 3 is 1.31 bits per heavy atom. The Labute approximate surface area is 399 Å². The molecule has 0 fully saturated rings. The first-order valence-electron chi connectivity index (χ1n) is 22.8. The van der Waals surface area contributed by atoms with Gasteiger partial charge in [0.05, 0.1) is 46.5 Å². The number of nitrogens with zero attached hydrogens (tertiary/aromatic N) is 4. The zero-order chi connectivity index (χ0) is 49.7. The highest BCUT2D eigenvalue weighted by atomic mass is 16.4. The molecule has 6 rings (SSSR count). The van der Waals surface area contributed by atoms with E-state index < -0.39 is 65.6 Å². The molecule has 0 bridgehead atoms. The zero-order valence-corrected chi connectivity index (χ0v) is 39.7. The number of carboxylic acid groups (broad SMARTS) is 1. The fourth-order valence-corrected chi connectivity index (χ4v) is 8.57. The van der Waals surface area contributed by atoms with Crippen LogP contribution >= 0.6 is 0 Å². The number of para-hydroxylation sites is 2. The van der Waals surface area contributed by atoms with Crippen LogP contribution in [0, 0.1) is 35.5 Å². The second kappa shape index (κ2) is 23.8. The highest BCUT2D eigenvalue weighted by Gasteiger charge is 2.39. The first kappa shape index (κ1) is 51.5. The van der Waals surface area contributed by atoms with Crippen molar-refractivity contribution in [2.75, 3.05) is 23.9 Å². The lowest BCUT2D eigenvalue weighted by Gasteiger charge is -2.27. The molecule has 6 atom stereocenters. The Hall–Kier alpha value is -7.48. The van der Waals surface area contributed by atoms with Gasteiger partial charge in [-0.25, -0.2) is 9.98 Å². The molecule has 0 saturated carbocycles. The van der Waals surface area contributed by atoms with Crippen LogP contribution in [0.5, 0.6) is 0 Å². The third-order valence-corrected chi connectivity index (χ3v) is 12.0. The van der Waals surface area contributed by atoms with Gasteiger partial charge in [-0.1, -0.05) is 137 Å². The molecule has 2 aliphatic rings. The topological polar surface area (TPSA) is 204 Å². The van der Waals surface area contributed by atoms with Crippen LogP contribution in [-0.2, 0) is 28.8 Å². The third-order valence-electron chi connectivity index (χ3n) is 12.0. The lowest BCUT2D eigenvalue weighted by Crippen LogP contribution is -2.50. The van der Waals surface area contributed by atoms with Gasteiger partial charge in [0.2, 0.25) is 30.1 Å². The van der Waals surface area contributed by atoms with Crippen LogP contribution in [0.25, 0.3) is 0 Å². The van der Waals surface area contributed by atoms with E-state index in [1.165, 1.54) is 15.9 Å². The van der Waals surface area contributed by atoms with Crippen LogP contribution in [0.4, 0.5) is 11.4 Å². The lowest BCUT2D eigenvalue weighted by molar-refractivity contribution is -0.147. The third kappa shape index (κ3) is 12.5. The number of benzene rings is 4. The molecule has 2 unspecified atom stereocenters. The number of hydrogen-bond donors (Lipinski definition) is 4. The Kier molecular flexibility index (Phi) is 18.0. The van der Waals surface area contributed by atoms with E-state index in [2.05, 4.69) is 23.8 Å². The second-order valence-corrected chi connectivity index (χ2v) is 17.8. The number of aliphatic imine (C=N–C) groups is 2. The molecule has 0 aromatic heterocycles. The van der Waals surface area contributed by atoms with E-state index in [1.54, 1.807) is 20.2 Å². The average Bonchev–Trinajstić information content (AvgIpc) is 3.49. The number of anilines is 2. The van der Waals surface area contributed by atoms with E-state index in [4.69, 9.17) is 15.7 Å². The minimum absolute atomic E-state index is 0.0857.